The Labute approximate surface area is 182 Å². The first-order valence-electron chi connectivity index (χ1n) is 11.0. The zero-order valence-corrected chi connectivity index (χ0v) is 19.6. The highest BCUT2D eigenvalue weighted by molar-refractivity contribution is 5.97. The molecule has 0 radical (unpaired) electrons. The Morgan fingerprint density at radius 3 is 2.13 bits per heavy atom. The van der Waals surface area contributed by atoms with Crippen molar-refractivity contribution in [2.75, 3.05) is 19.7 Å². The predicted octanol–water partition coefficient (Wildman–Crippen LogP) is 6.67. The molecule has 4 heteroatoms. The fourth-order valence-electron chi connectivity index (χ4n) is 3.08. The second-order valence-corrected chi connectivity index (χ2v) is 7.93. The number of carbonyl (C=O) groups is 1. The monoisotopic (exact) mass is 413 g/mol. The van der Waals surface area contributed by atoms with Gasteiger partial charge in [-0.15, -0.1) is 0 Å². The number of amides is 1. The summed E-state index contributed by atoms with van der Waals surface area (Å²) in [5.41, 5.74) is 4.40. The second kappa shape index (κ2) is 13.7. The summed E-state index contributed by atoms with van der Waals surface area (Å²) in [5, 5.41) is 10.2. The highest BCUT2D eigenvalue weighted by Gasteiger charge is 2.16. The largest absolute Gasteiger partial charge is 0.507 e. The lowest BCUT2D eigenvalue weighted by molar-refractivity contribution is 0.0770. The third-order valence-corrected chi connectivity index (χ3v) is 5.05. The van der Waals surface area contributed by atoms with Crippen molar-refractivity contribution in [2.45, 2.75) is 67.2 Å². The van der Waals surface area contributed by atoms with Gasteiger partial charge in [0.25, 0.3) is 5.91 Å². The first kappa shape index (κ1) is 25.5. The van der Waals surface area contributed by atoms with Crippen LogP contribution in [0.1, 0.15) is 77.6 Å². The molecule has 1 aromatic carbocycles. The van der Waals surface area contributed by atoms with Crippen molar-refractivity contribution in [3.63, 3.8) is 0 Å². The van der Waals surface area contributed by atoms with Gasteiger partial charge in [0, 0.05) is 19.2 Å². The van der Waals surface area contributed by atoms with Crippen LogP contribution < -0.4 is 4.74 Å². The molecule has 0 saturated heterocycles. The third-order valence-electron chi connectivity index (χ3n) is 5.05. The van der Waals surface area contributed by atoms with Crippen LogP contribution in [0, 0.1) is 0 Å². The van der Waals surface area contributed by atoms with Crippen molar-refractivity contribution < 1.29 is 14.6 Å². The summed E-state index contributed by atoms with van der Waals surface area (Å²) >= 11 is 0. The van der Waals surface area contributed by atoms with Crippen LogP contribution in [0.3, 0.4) is 0 Å². The average Bonchev–Trinajstić information content (AvgIpc) is 2.68. The Balaban J connectivity index is 2.50. The minimum Gasteiger partial charge on any atom is -0.507 e. The molecule has 4 nitrogen and oxygen atoms in total. The van der Waals surface area contributed by atoms with E-state index in [0.29, 0.717) is 31.0 Å². The van der Waals surface area contributed by atoms with E-state index in [1.165, 1.54) is 22.8 Å². The SMILES string of the molecule is CCN(CC)C(=O)c1ccc(OCC=C(C)CCC=C(C)CCC=C(C)C)cc1O. The lowest BCUT2D eigenvalue weighted by Crippen LogP contribution is -2.30. The van der Waals surface area contributed by atoms with E-state index in [0.717, 1.165) is 25.7 Å². The predicted molar refractivity (Wildman–Crippen MR) is 126 cm³/mol. The fraction of sp³-hybridized carbons (Fsp3) is 0.500. The Morgan fingerprint density at radius 2 is 1.57 bits per heavy atom. The standard InChI is InChI=1S/C26H39NO3/c1-7-27(8-2)26(29)24-16-15-23(19-25(24)28)30-18-17-22(6)14-10-13-21(5)12-9-11-20(3)4/h11,13,15-17,19,28H,7-10,12,14,18H2,1-6H3. The van der Waals surface area contributed by atoms with Crippen LogP contribution >= 0.6 is 0 Å². The summed E-state index contributed by atoms with van der Waals surface area (Å²) in [6, 6.07) is 4.88. The molecule has 0 bridgehead atoms. The van der Waals surface area contributed by atoms with Crippen molar-refractivity contribution in [3.8, 4) is 11.5 Å². The molecule has 0 saturated carbocycles. The molecule has 0 heterocycles. The second-order valence-electron chi connectivity index (χ2n) is 7.93. The number of hydrogen-bond acceptors (Lipinski definition) is 3. The summed E-state index contributed by atoms with van der Waals surface area (Å²) in [5.74, 6) is 0.352. The van der Waals surface area contributed by atoms with E-state index in [-0.39, 0.29) is 11.7 Å². The molecule has 0 aliphatic heterocycles. The van der Waals surface area contributed by atoms with Crippen molar-refractivity contribution in [2.24, 2.45) is 0 Å². The minimum atomic E-state index is -0.163. The zero-order chi connectivity index (χ0) is 22.5. The summed E-state index contributed by atoms with van der Waals surface area (Å²) in [6.07, 6.45) is 10.9. The topological polar surface area (TPSA) is 49.8 Å². The first-order chi connectivity index (χ1) is 14.3. The molecular formula is C26H39NO3. The molecule has 166 valence electrons. The van der Waals surface area contributed by atoms with Gasteiger partial charge >= 0.3 is 0 Å². The minimum absolute atomic E-state index is 0.0428. The number of ether oxygens (including phenoxy) is 1. The van der Waals surface area contributed by atoms with Gasteiger partial charge in [-0.05, 0) is 85.4 Å². The quantitative estimate of drug-likeness (QED) is 0.389. The van der Waals surface area contributed by atoms with Crippen LogP contribution in [0.25, 0.3) is 0 Å². The normalized spacial score (nSPS) is 11.9. The van der Waals surface area contributed by atoms with E-state index in [2.05, 4.69) is 45.9 Å². The molecule has 0 aliphatic rings. The Hall–Kier alpha value is -2.49. The van der Waals surface area contributed by atoms with Gasteiger partial charge in [0.2, 0.25) is 0 Å². The van der Waals surface area contributed by atoms with Crippen LogP contribution in [-0.2, 0) is 0 Å². The number of benzene rings is 1. The molecule has 30 heavy (non-hydrogen) atoms. The van der Waals surface area contributed by atoms with Crippen molar-refractivity contribution in [3.05, 3.63) is 58.7 Å². The van der Waals surface area contributed by atoms with Gasteiger partial charge in [0.05, 0.1) is 5.56 Å². The lowest BCUT2D eigenvalue weighted by atomic mass is 10.1. The van der Waals surface area contributed by atoms with Gasteiger partial charge in [0.1, 0.15) is 18.1 Å². The molecule has 0 spiro atoms. The molecule has 1 rings (SSSR count). The maximum Gasteiger partial charge on any atom is 0.257 e. The smallest absolute Gasteiger partial charge is 0.257 e. The molecule has 0 aliphatic carbocycles. The number of hydrogen-bond donors (Lipinski definition) is 1. The Kier molecular flexibility index (Phi) is 11.7. The van der Waals surface area contributed by atoms with Crippen LogP contribution in [0.4, 0.5) is 0 Å². The van der Waals surface area contributed by atoms with Crippen LogP contribution in [0.15, 0.2) is 53.1 Å². The lowest BCUT2D eigenvalue weighted by Gasteiger charge is -2.19. The molecule has 0 fully saturated rings. The summed E-state index contributed by atoms with van der Waals surface area (Å²) < 4.78 is 5.73. The van der Waals surface area contributed by atoms with E-state index in [1.807, 2.05) is 13.8 Å². The van der Waals surface area contributed by atoms with Crippen molar-refractivity contribution in [1.29, 1.82) is 0 Å². The van der Waals surface area contributed by atoms with Crippen molar-refractivity contribution >= 4 is 5.91 Å². The molecule has 1 aromatic rings. The molecule has 0 atom stereocenters. The number of rotatable bonds is 12. The molecule has 0 unspecified atom stereocenters. The Morgan fingerprint density at radius 1 is 0.967 bits per heavy atom. The van der Waals surface area contributed by atoms with Gasteiger partial charge < -0.3 is 14.7 Å². The molecule has 1 N–H and O–H groups in total. The van der Waals surface area contributed by atoms with Crippen LogP contribution in [0.5, 0.6) is 11.5 Å². The van der Waals surface area contributed by atoms with Crippen molar-refractivity contribution in [1.82, 2.24) is 4.90 Å². The fourth-order valence-corrected chi connectivity index (χ4v) is 3.08. The van der Waals surface area contributed by atoms with Gasteiger partial charge in [-0.3, -0.25) is 4.79 Å². The number of phenols is 1. The number of carbonyl (C=O) groups excluding carboxylic acids is 1. The number of nitrogens with zero attached hydrogens (tertiary/aromatic N) is 1. The van der Waals surface area contributed by atoms with Gasteiger partial charge in [-0.1, -0.05) is 28.9 Å². The number of aromatic hydroxyl groups is 1. The number of allylic oxidation sites excluding steroid dienone is 5. The number of phenolic OH excluding ortho intramolecular Hbond substituents is 1. The summed E-state index contributed by atoms with van der Waals surface area (Å²) in [7, 11) is 0. The molecule has 1 amide bonds. The average molecular weight is 414 g/mol. The van der Waals surface area contributed by atoms with E-state index in [4.69, 9.17) is 4.74 Å². The van der Waals surface area contributed by atoms with Crippen LogP contribution in [-0.4, -0.2) is 35.6 Å². The maximum absolute atomic E-state index is 12.4. The first-order valence-corrected chi connectivity index (χ1v) is 11.0. The van der Waals surface area contributed by atoms with Gasteiger partial charge in [-0.25, -0.2) is 0 Å². The summed E-state index contributed by atoms with van der Waals surface area (Å²) in [4.78, 5) is 14.1. The zero-order valence-electron chi connectivity index (χ0n) is 19.6. The third kappa shape index (κ3) is 9.34. The van der Waals surface area contributed by atoms with E-state index >= 15 is 0 Å². The van der Waals surface area contributed by atoms with E-state index in [1.54, 1.807) is 17.0 Å². The summed E-state index contributed by atoms with van der Waals surface area (Å²) in [6.45, 7) is 14.1. The van der Waals surface area contributed by atoms with Crippen LogP contribution in [0.2, 0.25) is 0 Å². The highest BCUT2D eigenvalue weighted by atomic mass is 16.5. The van der Waals surface area contributed by atoms with Gasteiger partial charge in [0.15, 0.2) is 0 Å². The Bertz CT molecular complexity index is 766. The van der Waals surface area contributed by atoms with E-state index < -0.39 is 0 Å². The molecular weight excluding hydrogens is 374 g/mol. The highest BCUT2D eigenvalue weighted by Crippen LogP contribution is 2.25. The van der Waals surface area contributed by atoms with Gasteiger partial charge in [-0.2, -0.15) is 0 Å². The molecule has 0 aromatic heterocycles. The van der Waals surface area contributed by atoms with E-state index in [9.17, 15) is 9.90 Å². The maximum atomic E-state index is 12.4.